The van der Waals surface area contributed by atoms with Gasteiger partial charge in [-0.2, -0.15) is 10.2 Å². The van der Waals surface area contributed by atoms with Crippen molar-refractivity contribution in [3.05, 3.63) is 53.9 Å². The molecule has 0 N–H and O–H groups in total. The Morgan fingerprint density at radius 2 is 1.96 bits per heavy atom. The van der Waals surface area contributed by atoms with E-state index in [0.717, 1.165) is 12.1 Å². The van der Waals surface area contributed by atoms with Crippen LogP contribution < -0.4 is 4.90 Å². The molecular weight excluding hydrogens is 342 g/mol. The molecule has 0 bridgehead atoms. The average Bonchev–Trinajstić information content (AvgIpc) is 3.20. The number of hydrogen-bond donors (Lipinski definition) is 0. The van der Waals surface area contributed by atoms with Crippen LogP contribution >= 0.6 is 0 Å². The van der Waals surface area contributed by atoms with Crippen molar-refractivity contribution in [2.75, 3.05) is 24.5 Å². The van der Waals surface area contributed by atoms with Gasteiger partial charge in [-0.15, -0.1) is 0 Å². The zero-order valence-electron chi connectivity index (χ0n) is 13.9. The van der Waals surface area contributed by atoms with Crippen LogP contribution in [-0.2, 0) is 4.79 Å². The molecule has 26 heavy (non-hydrogen) atoms. The zero-order valence-corrected chi connectivity index (χ0v) is 13.9. The van der Waals surface area contributed by atoms with Gasteiger partial charge in [0.2, 0.25) is 5.91 Å². The first-order chi connectivity index (χ1) is 12.5. The molecule has 1 unspecified atom stereocenters. The molecule has 1 atom stereocenters. The molecule has 2 saturated heterocycles. The molecule has 4 rings (SSSR count). The summed E-state index contributed by atoms with van der Waals surface area (Å²) in [4.78, 5) is 28.2. The Bertz CT molecular complexity index is 877. The van der Waals surface area contributed by atoms with Gasteiger partial charge in [0.05, 0.1) is 18.0 Å². The normalized spacial score (nSPS) is 22.5. The Kier molecular flexibility index (Phi) is 3.90. The molecule has 2 aliphatic rings. The molecule has 2 fully saturated rings. The summed E-state index contributed by atoms with van der Waals surface area (Å²) < 4.78 is 26.7. The van der Waals surface area contributed by atoms with E-state index in [-0.39, 0.29) is 23.7 Å². The van der Waals surface area contributed by atoms with E-state index in [2.05, 4.69) is 10.2 Å². The molecule has 8 heteroatoms. The van der Waals surface area contributed by atoms with Gasteiger partial charge in [-0.25, -0.2) is 8.78 Å². The lowest BCUT2D eigenvalue weighted by Crippen LogP contribution is -2.34. The number of anilines is 1. The van der Waals surface area contributed by atoms with Crippen molar-refractivity contribution in [2.45, 2.75) is 12.8 Å². The van der Waals surface area contributed by atoms with E-state index in [4.69, 9.17) is 0 Å². The average molecular weight is 358 g/mol. The number of carbonyl (C=O) groups excluding carboxylic acids is 2. The van der Waals surface area contributed by atoms with Crippen LogP contribution in [0.15, 0.2) is 36.7 Å². The summed E-state index contributed by atoms with van der Waals surface area (Å²) in [5, 5.41) is 7.38. The van der Waals surface area contributed by atoms with Crippen LogP contribution in [0, 0.1) is 17.0 Å². The molecule has 2 amide bonds. The zero-order chi connectivity index (χ0) is 18.3. The Morgan fingerprint density at radius 3 is 2.69 bits per heavy atom. The lowest BCUT2D eigenvalue weighted by Gasteiger charge is -2.24. The number of benzene rings is 1. The van der Waals surface area contributed by atoms with Crippen molar-refractivity contribution >= 4 is 17.5 Å². The fourth-order valence-corrected chi connectivity index (χ4v) is 3.77. The van der Waals surface area contributed by atoms with Gasteiger partial charge in [0.25, 0.3) is 5.91 Å². The second-order valence-electron chi connectivity index (χ2n) is 6.86. The number of amides is 2. The van der Waals surface area contributed by atoms with Gasteiger partial charge in [0.15, 0.2) is 11.6 Å². The van der Waals surface area contributed by atoms with Crippen molar-refractivity contribution in [3.8, 4) is 0 Å². The van der Waals surface area contributed by atoms with Crippen molar-refractivity contribution in [3.63, 3.8) is 0 Å². The summed E-state index contributed by atoms with van der Waals surface area (Å²) in [5.41, 5.74) is 0.436. The monoisotopic (exact) mass is 358 g/mol. The number of hydrogen-bond acceptors (Lipinski definition) is 4. The topological polar surface area (TPSA) is 66.4 Å². The van der Waals surface area contributed by atoms with Gasteiger partial charge in [-0.05, 0) is 24.6 Å². The van der Waals surface area contributed by atoms with Crippen LogP contribution in [0.5, 0.6) is 0 Å². The van der Waals surface area contributed by atoms with E-state index in [1.54, 1.807) is 11.0 Å². The second-order valence-corrected chi connectivity index (χ2v) is 6.86. The van der Waals surface area contributed by atoms with Gasteiger partial charge in [-0.3, -0.25) is 9.59 Å². The maximum atomic E-state index is 13.5. The summed E-state index contributed by atoms with van der Waals surface area (Å²) >= 11 is 0. The van der Waals surface area contributed by atoms with Crippen molar-refractivity contribution in [1.82, 2.24) is 15.1 Å². The lowest BCUT2D eigenvalue weighted by atomic mass is 9.86. The molecule has 3 heterocycles. The summed E-state index contributed by atoms with van der Waals surface area (Å²) in [7, 11) is 0. The Morgan fingerprint density at radius 1 is 1.12 bits per heavy atom. The first kappa shape index (κ1) is 16.6. The number of rotatable bonds is 2. The molecule has 1 aromatic carbocycles. The van der Waals surface area contributed by atoms with Crippen molar-refractivity contribution in [1.29, 1.82) is 0 Å². The highest BCUT2D eigenvalue weighted by molar-refractivity contribution is 5.97. The quantitative estimate of drug-likeness (QED) is 0.824. The van der Waals surface area contributed by atoms with Crippen LogP contribution in [-0.4, -0.2) is 46.5 Å². The molecule has 2 aliphatic heterocycles. The van der Waals surface area contributed by atoms with Crippen LogP contribution in [0.1, 0.15) is 23.2 Å². The SMILES string of the molecule is O=C(c1ccnnc1)N1CCC2(CC(=O)N(c3ccc(F)c(F)c3)C2)C1. The highest BCUT2D eigenvalue weighted by atomic mass is 19.2. The summed E-state index contributed by atoms with van der Waals surface area (Å²) in [6.45, 7) is 1.37. The molecule has 6 nitrogen and oxygen atoms in total. The molecule has 134 valence electrons. The van der Waals surface area contributed by atoms with Gasteiger partial charge >= 0.3 is 0 Å². The van der Waals surface area contributed by atoms with Crippen molar-refractivity contribution in [2.24, 2.45) is 5.41 Å². The van der Waals surface area contributed by atoms with E-state index in [1.165, 1.54) is 23.4 Å². The van der Waals surface area contributed by atoms with Crippen molar-refractivity contribution < 1.29 is 18.4 Å². The van der Waals surface area contributed by atoms with E-state index >= 15 is 0 Å². The number of nitrogens with zero attached hydrogens (tertiary/aromatic N) is 4. The minimum atomic E-state index is -0.982. The maximum Gasteiger partial charge on any atom is 0.255 e. The van der Waals surface area contributed by atoms with Crippen LogP contribution in [0.4, 0.5) is 14.5 Å². The fourth-order valence-electron chi connectivity index (χ4n) is 3.77. The third-order valence-corrected chi connectivity index (χ3v) is 5.09. The highest BCUT2D eigenvalue weighted by Crippen LogP contribution is 2.42. The largest absolute Gasteiger partial charge is 0.338 e. The van der Waals surface area contributed by atoms with Gasteiger partial charge in [-0.1, -0.05) is 0 Å². The third-order valence-electron chi connectivity index (χ3n) is 5.09. The second kappa shape index (κ2) is 6.12. The van der Waals surface area contributed by atoms with E-state index < -0.39 is 11.6 Å². The lowest BCUT2D eigenvalue weighted by molar-refractivity contribution is -0.117. The molecule has 1 aromatic heterocycles. The number of carbonyl (C=O) groups is 2. The number of halogens is 2. The number of aromatic nitrogens is 2. The number of likely N-dealkylation sites (tertiary alicyclic amines) is 1. The first-order valence-electron chi connectivity index (χ1n) is 8.29. The molecule has 2 aromatic rings. The van der Waals surface area contributed by atoms with Gasteiger partial charge in [0, 0.05) is 43.2 Å². The Hall–Kier alpha value is -2.90. The smallest absolute Gasteiger partial charge is 0.255 e. The van der Waals surface area contributed by atoms with Crippen LogP contribution in [0.25, 0.3) is 0 Å². The third kappa shape index (κ3) is 2.81. The summed E-state index contributed by atoms with van der Waals surface area (Å²) in [6, 6.07) is 5.06. The van der Waals surface area contributed by atoms with Crippen LogP contribution in [0.3, 0.4) is 0 Å². The standard InChI is InChI=1S/C18H16F2N4O2/c19-14-2-1-13(7-15(14)20)24-11-18(8-16(24)25)4-6-23(10-18)17(26)12-3-5-21-22-9-12/h1-3,5,7,9H,4,6,8,10-11H2. The maximum absolute atomic E-state index is 13.5. The minimum absolute atomic E-state index is 0.143. The predicted molar refractivity (Wildman–Crippen MR) is 88.3 cm³/mol. The van der Waals surface area contributed by atoms with Gasteiger partial charge in [0.1, 0.15) is 0 Å². The Balaban J connectivity index is 1.51. The molecule has 0 aliphatic carbocycles. The fraction of sp³-hybridized carbons (Fsp3) is 0.333. The molecule has 0 radical (unpaired) electrons. The molecular formula is C18H16F2N4O2. The van der Waals surface area contributed by atoms with E-state index in [1.807, 2.05) is 0 Å². The molecule has 0 saturated carbocycles. The molecule has 1 spiro atoms. The Labute approximate surface area is 148 Å². The van der Waals surface area contributed by atoms with E-state index in [9.17, 15) is 18.4 Å². The van der Waals surface area contributed by atoms with E-state index in [0.29, 0.717) is 37.3 Å². The first-order valence-corrected chi connectivity index (χ1v) is 8.29. The minimum Gasteiger partial charge on any atom is -0.338 e. The summed E-state index contributed by atoms with van der Waals surface area (Å²) in [6.07, 6.45) is 3.84. The highest BCUT2D eigenvalue weighted by Gasteiger charge is 2.49. The van der Waals surface area contributed by atoms with Gasteiger partial charge < -0.3 is 9.80 Å². The predicted octanol–water partition coefficient (Wildman–Crippen LogP) is 2.02. The van der Waals surface area contributed by atoms with Crippen LogP contribution in [0.2, 0.25) is 0 Å². The summed E-state index contributed by atoms with van der Waals surface area (Å²) in [5.74, 6) is -2.21.